The number of nitrogens with two attached hydrogens (primary N) is 1. The molecule has 0 aliphatic carbocycles. The summed E-state index contributed by atoms with van der Waals surface area (Å²) in [4.78, 5) is 177. The second-order valence-electron chi connectivity index (χ2n) is 27.1. The van der Waals surface area contributed by atoms with Crippen LogP contribution < -0.4 is 27.0 Å². The van der Waals surface area contributed by atoms with E-state index in [0.29, 0.717) is 43.5 Å². The number of phenolic OH excluding ortho intramolecular Hbond substituents is 1. The summed E-state index contributed by atoms with van der Waals surface area (Å²) in [6, 6.07) is -5.11. The molecule has 0 bridgehead atoms. The van der Waals surface area contributed by atoms with E-state index in [0.717, 1.165) is 37.3 Å². The van der Waals surface area contributed by atoms with E-state index < -0.39 is 138 Å². The zero-order valence-electron chi connectivity index (χ0n) is 59.7. The molecule has 1 aliphatic heterocycles. The van der Waals surface area contributed by atoms with Crippen LogP contribution in [0.2, 0.25) is 0 Å². The van der Waals surface area contributed by atoms with Crippen LogP contribution in [0, 0.1) is 17.8 Å². The van der Waals surface area contributed by atoms with Crippen LogP contribution in [0.1, 0.15) is 146 Å². The zero-order valence-corrected chi connectivity index (χ0v) is 59.7. The SMILES string of the molecule is C=C/C=C(\C=C)C[C@@H](C(N)=O)N(C)C(=O)C(C)NC(=O)CC(NC(=O)[C@H](CC(C)C)N(C)C(=O)C(C)N(C)C(=O)[C@H](COC(C)(C)C)NC(=O)[C@H](C)N(C)C(=O)CN(C)C(=O)[C@H](Cc1ccc(O)cc1)NC(=O)[C@H](CC(C)C)N(C)C(=O)C[C@@H](C)CC)C(=O)N1CCCCC1. The van der Waals surface area contributed by atoms with Gasteiger partial charge in [-0.1, -0.05) is 91.5 Å². The summed E-state index contributed by atoms with van der Waals surface area (Å²) in [6.07, 6.45) is 7.61. The number of likely N-dealkylation sites (tertiary alicyclic amines) is 1. The quantitative estimate of drug-likeness (QED) is 0.0520. The highest BCUT2D eigenvalue weighted by Gasteiger charge is 2.40. The third-order valence-corrected chi connectivity index (χ3v) is 17.2. The summed E-state index contributed by atoms with van der Waals surface area (Å²) in [5.74, 6) is -8.13. The van der Waals surface area contributed by atoms with Gasteiger partial charge in [-0.15, -0.1) is 0 Å². The average Bonchev–Trinajstić information content (AvgIpc) is 0.854. The van der Waals surface area contributed by atoms with E-state index in [-0.39, 0.29) is 61.7 Å². The lowest BCUT2D eigenvalue weighted by molar-refractivity contribution is -0.151. The van der Waals surface area contributed by atoms with E-state index >= 15 is 0 Å². The molecule has 26 nitrogen and oxygen atoms in total. The Morgan fingerprint density at radius 3 is 1.64 bits per heavy atom. The van der Waals surface area contributed by atoms with Crippen molar-refractivity contribution in [3.8, 4) is 5.75 Å². The maximum absolute atomic E-state index is 14.6. The Labute approximate surface area is 563 Å². The molecule has 95 heavy (non-hydrogen) atoms. The molecule has 1 aromatic rings. The molecule has 1 saturated heterocycles. The van der Waals surface area contributed by atoms with Gasteiger partial charge in [0.15, 0.2) is 0 Å². The van der Waals surface area contributed by atoms with E-state index in [9.17, 15) is 62.6 Å². The molecule has 0 saturated carbocycles. The van der Waals surface area contributed by atoms with E-state index in [1.165, 1.54) is 85.2 Å². The highest BCUT2D eigenvalue weighted by atomic mass is 16.5. The van der Waals surface area contributed by atoms with Gasteiger partial charge < -0.3 is 71.1 Å². The molecule has 10 atom stereocenters. The maximum Gasteiger partial charge on any atom is 0.247 e. The van der Waals surface area contributed by atoms with Crippen molar-refractivity contribution in [3.63, 3.8) is 0 Å². The first-order valence-corrected chi connectivity index (χ1v) is 32.9. The molecular formula is C69H112N12O14. The lowest BCUT2D eigenvalue weighted by Crippen LogP contribution is -2.60. The number of hydrogen-bond donors (Lipinski definition) is 6. The van der Waals surface area contributed by atoms with Gasteiger partial charge in [-0.3, -0.25) is 57.5 Å². The zero-order chi connectivity index (χ0) is 72.5. The van der Waals surface area contributed by atoms with Crippen molar-refractivity contribution in [1.82, 2.24) is 55.6 Å². The Bertz CT molecular complexity index is 2870. The molecule has 26 heteroatoms. The fourth-order valence-electron chi connectivity index (χ4n) is 10.6. The highest BCUT2D eigenvalue weighted by molar-refractivity contribution is 5.99. The van der Waals surface area contributed by atoms with E-state index in [4.69, 9.17) is 10.5 Å². The van der Waals surface area contributed by atoms with Crippen LogP contribution >= 0.6 is 0 Å². The Morgan fingerprint density at radius 2 is 1.14 bits per heavy atom. The Hall–Kier alpha value is -8.16. The number of primary amides is 1. The number of piperidine rings is 1. The van der Waals surface area contributed by atoms with Crippen LogP contribution in [-0.4, -0.2) is 239 Å². The number of rotatable bonds is 37. The number of aromatic hydroxyl groups is 1. The van der Waals surface area contributed by atoms with Gasteiger partial charge in [0.2, 0.25) is 70.9 Å². The molecule has 2 rings (SSSR count). The summed E-state index contributed by atoms with van der Waals surface area (Å²) < 4.78 is 6.02. The first-order chi connectivity index (χ1) is 44.2. The van der Waals surface area contributed by atoms with Gasteiger partial charge in [-0.2, -0.15) is 0 Å². The molecule has 1 aromatic carbocycles. The first-order valence-electron chi connectivity index (χ1n) is 32.9. The molecule has 1 heterocycles. The number of ether oxygens (including phenoxy) is 1. The number of nitrogens with one attached hydrogen (secondary N) is 4. The van der Waals surface area contributed by atoms with Crippen LogP contribution in [0.25, 0.3) is 0 Å². The van der Waals surface area contributed by atoms with Crippen molar-refractivity contribution < 1.29 is 67.4 Å². The number of benzene rings is 1. The van der Waals surface area contributed by atoms with E-state index in [1.54, 1.807) is 50.9 Å². The average molecular weight is 1330 g/mol. The highest BCUT2D eigenvalue weighted by Crippen LogP contribution is 2.21. The number of hydrogen-bond acceptors (Lipinski definition) is 14. The minimum Gasteiger partial charge on any atom is -0.508 e. The molecule has 1 aliphatic rings. The lowest BCUT2D eigenvalue weighted by atomic mass is 9.98. The number of allylic oxidation sites excluding steroid dienone is 3. The maximum atomic E-state index is 14.6. The summed E-state index contributed by atoms with van der Waals surface area (Å²) in [6.45, 7) is 28.0. The van der Waals surface area contributed by atoms with Crippen LogP contribution in [0.5, 0.6) is 5.75 Å². The van der Waals surface area contributed by atoms with E-state index in [2.05, 4.69) is 34.4 Å². The van der Waals surface area contributed by atoms with Gasteiger partial charge >= 0.3 is 0 Å². The molecule has 532 valence electrons. The third-order valence-electron chi connectivity index (χ3n) is 17.2. The van der Waals surface area contributed by atoms with Gasteiger partial charge in [0, 0.05) is 74.6 Å². The molecule has 12 amide bonds. The number of amides is 12. The fourth-order valence-corrected chi connectivity index (χ4v) is 10.6. The predicted molar refractivity (Wildman–Crippen MR) is 363 cm³/mol. The van der Waals surface area contributed by atoms with Crippen LogP contribution in [-0.2, 0) is 68.7 Å². The normalized spacial score (nSPS) is 15.7. The molecule has 0 spiro atoms. The topological polar surface area (TPSA) is 331 Å². The lowest BCUT2D eigenvalue weighted by Gasteiger charge is -2.36. The Morgan fingerprint density at radius 1 is 0.611 bits per heavy atom. The minimum absolute atomic E-state index is 0.00940. The van der Waals surface area contributed by atoms with Crippen molar-refractivity contribution in [3.05, 3.63) is 66.8 Å². The summed E-state index contributed by atoms with van der Waals surface area (Å²) in [5.41, 5.74) is 6.03. The largest absolute Gasteiger partial charge is 0.508 e. The van der Waals surface area contributed by atoms with Crippen molar-refractivity contribution in [2.75, 3.05) is 68.5 Å². The van der Waals surface area contributed by atoms with Crippen molar-refractivity contribution >= 4 is 70.9 Å². The van der Waals surface area contributed by atoms with Crippen molar-refractivity contribution in [2.24, 2.45) is 23.5 Å². The Kier molecular flexibility index (Phi) is 34.1. The first kappa shape index (κ1) is 82.9. The molecule has 0 aromatic heterocycles. The second-order valence-corrected chi connectivity index (χ2v) is 27.1. The second kappa shape index (κ2) is 39.0. The predicted octanol–water partition coefficient (Wildman–Crippen LogP) is 3.45. The number of likely N-dealkylation sites (N-methyl/N-ethyl adjacent to an activating group) is 6. The molecular weight excluding hydrogens is 1220 g/mol. The van der Waals surface area contributed by atoms with Gasteiger partial charge in [0.05, 0.1) is 25.2 Å². The van der Waals surface area contributed by atoms with Crippen LogP contribution in [0.15, 0.2) is 61.2 Å². The van der Waals surface area contributed by atoms with Gasteiger partial charge in [-0.05, 0) is 115 Å². The number of carbonyl (C=O) groups excluding carboxylic acids is 12. The molecule has 7 N–H and O–H groups in total. The molecule has 3 unspecified atom stereocenters. The number of phenols is 1. The van der Waals surface area contributed by atoms with Gasteiger partial charge in [0.25, 0.3) is 0 Å². The Balaban J connectivity index is 2.41. The monoisotopic (exact) mass is 1330 g/mol. The van der Waals surface area contributed by atoms with Crippen molar-refractivity contribution in [1.29, 1.82) is 0 Å². The van der Waals surface area contributed by atoms with Crippen molar-refractivity contribution in [2.45, 2.75) is 207 Å². The summed E-state index contributed by atoms with van der Waals surface area (Å²) >= 11 is 0. The number of carbonyl (C=O) groups is 12. The van der Waals surface area contributed by atoms with Crippen LogP contribution in [0.3, 0.4) is 0 Å². The summed E-state index contributed by atoms with van der Waals surface area (Å²) in [5, 5.41) is 20.9. The third kappa shape index (κ3) is 26.5. The number of nitrogens with zero attached hydrogens (tertiary/aromatic N) is 7. The minimum atomic E-state index is -1.45. The van der Waals surface area contributed by atoms with Crippen LogP contribution in [0.4, 0.5) is 0 Å². The smallest absolute Gasteiger partial charge is 0.247 e. The standard InChI is InChI=1S/C69H112N12O14/c1-21-27-48(23-3)38-54(60(70)86)79(19)64(90)45(9)71-57(83)39-52(68(94)81-32-25-24-26-33-81)73-63(89)56(35-43(6)7)80(20)65(91)47(11)77(17)67(93)53(41-95-69(12,13)14)74-61(87)46(10)76(16)59(85)40-75(15)66(92)51(37-49-28-30-50(82)31-29-49)72-62(88)55(34-42(4)5)78(18)58(84)36-44(8)22-2/h21,23,27-31,42-47,51-56,82H,1,3,22,24-26,32-41H2,2,4-20H3,(H2,70,86)(H,71,83)(H,72,88)(H,73,89)(H,74,87)/b48-27+/t44-,45?,46-,47?,51-,52?,53-,54-,55-,56-/m0/s1. The fraction of sp³-hybridized carbons (Fsp3) is 0.652. The van der Waals surface area contributed by atoms with Gasteiger partial charge in [-0.25, -0.2) is 0 Å². The molecule has 1 fully saturated rings. The van der Waals surface area contributed by atoms with E-state index in [1.807, 2.05) is 41.5 Å². The summed E-state index contributed by atoms with van der Waals surface area (Å²) in [7, 11) is 8.36. The van der Waals surface area contributed by atoms with Gasteiger partial charge in [0.1, 0.15) is 60.1 Å². The molecule has 0 radical (unpaired) electrons.